The highest BCUT2D eigenvalue weighted by Gasteiger charge is 2.54. The molecule has 1 heterocycles. The van der Waals surface area contributed by atoms with Gasteiger partial charge in [-0.2, -0.15) is 0 Å². The molecule has 6 nitrogen and oxygen atoms in total. The number of carbonyl (C=O) groups excluding carboxylic acids is 2. The van der Waals surface area contributed by atoms with Crippen LogP contribution in [-0.4, -0.2) is 39.6 Å². The van der Waals surface area contributed by atoms with E-state index in [4.69, 9.17) is 4.74 Å². The lowest BCUT2D eigenvalue weighted by atomic mass is 9.72. The summed E-state index contributed by atoms with van der Waals surface area (Å²) in [5, 5.41) is 19.8. The Balaban J connectivity index is 2.16. The van der Waals surface area contributed by atoms with Crippen LogP contribution in [0.5, 0.6) is 0 Å². The van der Waals surface area contributed by atoms with Gasteiger partial charge in [0.05, 0.1) is 11.8 Å². The van der Waals surface area contributed by atoms with Crippen LogP contribution < -0.4 is 0 Å². The predicted octanol–water partition coefficient (Wildman–Crippen LogP) is 3.56. The molecule has 0 aromatic heterocycles. The van der Waals surface area contributed by atoms with Gasteiger partial charge >= 0.3 is 11.9 Å². The van der Waals surface area contributed by atoms with Crippen molar-refractivity contribution >= 4 is 17.7 Å². The topological polar surface area (TPSA) is 101 Å². The number of allylic oxidation sites excluding steroid dienone is 5. The first kappa shape index (κ1) is 24.1. The number of Topliss-reactive ketones (excluding diaryl/α,β-unsaturated/α-hetero) is 1. The average Bonchev–Trinajstić information content (AvgIpc) is 2.98. The summed E-state index contributed by atoms with van der Waals surface area (Å²) in [6.45, 7) is 12.4. The van der Waals surface area contributed by atoms with Crippen molar-refractivity contribution in [2.45, 2.75) is 60.2 Å². The number of rotatable bonds is 6. The summed E-state index contributed by atoms with van der Waals surface area (Å²) in [6, 6.07) is 0. The van der Waals surface area contributed by atoms with E-state index in [0.29, 0.717) is 0 Å². The second-order valence-corrected chi connectivity index (χ2v) is 9.34. The number of carboxylic acids is 1. The molecule has 2 fully saturated rings. The summed E-state index contributed by atoms with van der Waals surface area (Å²) in [4.78, 5) is 35.8. The van der Waals surface area contributed by atoms with Crippen molar-refractivity contribution < 1.29 is 29.3 Å². The van der Waals surface area contributed by atoms with Crippen LogP contribution >= 0.6 is 0 Å². The summed E-state index contributed by atoms with van der Waals surface area (Å²) in [6.07, 6.45) is 8.50. The molecule has 2 N–H and O–H groups in total. The predicted molar refractivity (Wildman–Crippen MR) is 113 cm³/mol. The Morgan fingerprint density at radius 3 is 2.23 bits per heavy atom. The van der Waals surface area contributed by atoms with E-state index in [9.17, 15) is 24.6 Å². The molecule has 0 amide bonds. The molecule has 30 heavy (non-hydrogen) atoms. The third kappa shape index (κ3) is 4.02. The molecular weight excluding hydrogens is 384 g/mol. The Morgan fingerprint density at radius 2 is 1.73 bits per heavy atom. The minimum atomic E-state index is -1.31. The summed E-state index contributed by atoms with van der Waals surface area (Å²) in [7, 11) is 0. The van der Waals surface area contributed by atoms with Crippen molar-refractivity contribution in [1.82, 2.24) is 0 Å². The number of ketones is 1. The first-order valence-electron chi connectivity index (χ1n) is 10.5. The van der Waals surface area contributed by atoms with Gasteiger partial charge in [-0.05, 0) is 32.6 Å². The molecule has 0 unspecified atom stereocenters. The number of hydrogen-bond acceptors (Lipinski definition) is 5. The van der Waals surface area contributed by atoms with Gasteiger partial charge in [0, 0.05) is 11.3 Å². The van der Waals surface area contributed by atoms with Gasteiger partial charge < -0.3 is 14.9 Å². The Bertz CT molecular complexity index is 805. The number of aliphatic hydroxyl groups is 1. The fourth-order valence-electron chi connectivity index (χ4n) is 4.93. The van der Waals surface area contributed by atoms with Crippen LogP contribution in [0.2, 0.25) is 0 Å². The molecule has 2 rings (SSSR count). The molecular formula is C24H34O6. The van der Waals surface area contributed by atoms with Gasteiger partial charge in [0.15, 0.2) is 5.78 Å². The highest BCUT2D eigenvalue weighted by Crippen LogP contribution is 2.46. The zero-order valence-corrected chi connectivity index (χ0v) is 18.9. The largest absolute Gasteiger partial charge is 0.481 e. The minimum absolute atomic E-state index is 0.0275. The minimum Gasteiger partial charge on any atom is -0.481 e. The zero-order chi connectivity index (χ0) is 23.0. The molecule has 0 aromatic rings. The maximum atomic E-state index is 12.3. The van der Waals surface area contributed by atoms with E-state index in [0.717, 1.165) is 5.57 Å². The van der Waals surface area contributed by atoms with Crippen molar-refractivity contribution in [3.8, 4) is 0 Å². The standard InChI is InChI=1S/C24H34O6/c1-13(18-14(2)19(25)24(7,29)16(18)4)11-9-8-10-12-23(6)17(5)22(28)30-20(23)15(3)21(26)27/h8-12,14-18,20,29H,1-7H3,(H,26,27)/b9-8-,12-10+,13-11+/t14-,15+,16+,17-,18-,20-,23+,24-/m0/s1. The fourth-order valence-corrected chi connectivity index (χ4v) is 4.93. The number of cyclic esters (lactones) is 1. The number of hydrogen-bond donors (Lipinski definition) is 2. The monoisotopic (exact) mass is 418 g/mol. The molecule has 0 aromatic carbocycles. The summed E-state index contributed by atoms with van der Waals surface area (Å²) < 4.78 is 5.37. The fraction of sp³-hybridized carbons (Fsp3) is 0.625. The lowest BCUT2D eigenvalue weighted by Crippen LogP contribution is -2.38. The highest BCUT2D eigenvalue weighted by molar-refractivity contribution is 5.92. The Morgan fingerprint density at radius 1 is 1.13 bits per heavy atom. The van der Waals surface area contributed by atoms with Gasteiger partial charge in [-0.15, -0.1) is 0 Å². The molecule has 0 spiro atoms. The van der Waals surface area contributed by atoms with Crippen LogP contribution in [0.3, 0.4) is 0 Å². The lowest BCUT2D eigenvalue weighted by molar-refractivity contribution is -0.153. The van der Waals surface area contributed by atoms with E-state index < -0.39 is 34.9 Å². The van der Waals surface area contributed by atoms with Crippen molar-refractivity contribution in [3.05, 3.63) is 36.0 Å². The second kappa shape index (κ2) is 8.50. The molecule has 6 heteroatoms. The molecule has 2 aliphatic rings. The molecule has 1 saturated carbocycles. The maximum absolute atomic E-state index is 12.3. The van der Waals surface area contributed by atoms with Crippen molar-refractivity contribution in [2.75, 3.05) is 0 Å². The zero-order valence-electron chi connectivity index (χ0n) is 18.9. The summed E-state index contributed by atoms with van der Waals surface area (Å²) in [5.41, 5.74) is -1.02. The number of ether oxygens (including phenoxy) is 1. The highest BCUT2D eigenvalue weighted by atomic mass is 16.6. The number of aliphatic carboxylic acids is 1. The second-order valence-electron chi connectivity index (χ2n) is 9.34. The SMILES string of the molecule is C\C(=C/C=C\C=C\[C@]1(C)[C@@H](C)C(=O)O[C@H]1[C@@H](C)C(=O)O)[C@H]1[C@H](C)C(=O)[C@@](C)(O)[C@@H]1C. The molecule has 166 valence electrons. The quantitative estimate of drug-likeness (QED) is 0.505. The Hall–Kier alpha value is -2.21. The number of esters is 1. The van der Waals surface area contributed by atoms with E-state index in [1.54, 1.807) is 26.8 Å². The first-order chi connectivity index (χ1) is 13.8. The van der Waals surface area contributed by atoms with Crippen LogP contribution in [-0.2, 0) is 19.1 Å². The van der Waals surface area contributed by atoms with E-state index in [2.05, 4.69) is 0 Å². The molecule has 1 aliphatic heterocycles. The van der Waals surface area contributed by atoms with Gasteiger partial charge in [0.2, 0.25) is 0 Å². The van der Waals surface area contributed by atoms with E-state index >= 15 is 0 Å². The summed E-state index contributed by atoms with van der Waals surface area (Å²) in [5.74, 6) is -3.20. The van der Waals surface area contributed by atoms with Crippen LogP contribution in [0.25, 0.3) is 0 Å². The smallest absolute Gasteiger partial charge is 0.310 e. The van der Waals surface area contributed by atoms with Gasteiger partial charge in [-0.3, -0.25) is 14.4 Å². The summed E-state index contributed by atoms with van der Waals surface area (Å²) >= 11 is 0. The molecule has 8 atom stereocenters. The molecule has 0 radical (unpaired) electrons. The van der Waals surface area contributed by atoms with Gasteiger partial charge in [-0.25, -0.2) is 0 Å². The average molecular weight is 419 g/mol. The molecule has 0 bridgehead atoms. The third-order valence-corrected chi connectivity index (χ3v) is 7.43. The first-order valence-corrected chi connectivity index (χ1v) is 10.5. The van der Waals surface area contributed by atoms with Gasteiger partial charge in [0.1, 0.15) is 11.7 Å². The van der Waals surface area contributed by atoms with Crippen LogP contribution in [0.4, 0.5) is 0 Å². The Kier molecular flexibility index (Phi) is 6.82. The van der Waals surface area contributed by atoms with E-state index in [-0.39, 0.29) is 29.5 Å². The van der Waals surface area contributed by atoms with E-state index in [1.165, 1.54) is 0 Å². The van der Waals surface area contributed by atoms with E-state index in [1.807, 2.05) is 52.0 Å². The number of carboxylic acid groups (broad SMARTS) is 1. The Labute approximate surface area is 178 Å². The lowest BCUT2D eigenvalue weighted by Gasteiger charge is -2.30. The van der Waals surface area contributed by atoms with Crippen molar-refractivity contribution in [1.29, 1.82) is 0 Å². The van der Waals surface area contributed by atoms with Gasteiger partial charge in [0.25, 0.3) is 0 Å². The normalized spacial score (nSPS) is 41.1. The maximum Gasteiger partial charge on any atom is 0.310 e. The van der Waals surface area contributed by atoms with Crippen LogP contribution in [0, 0.1) is 35.0 Å². The third-order valence-electron chi connectivity index (χ3n) is 7.43. The van der Waals surface area contributed by atoms with Crippen LogP contribution in [0.1, 0.15) is 48.5 Å². The molecule has 1 saturated heterocycles. The van der Waals surface area contributed by atoms with Crippen LogP contribution in [0.15, 0.2) is 36.0 Å². The van der Waals surface area contributed by atoms with Crippen molar-refractivity contribution in [2.24, 2.45) is 35.0 Å². The van der Waals surface area contributed by atoms with Gasteiger partial charge in [-0.1, -0.05) is 63.6 Å². The number of carbonyl (C=O) groups is 3. The van der Waals surface area contributed by atoms with Crippen molar-refractivity contribution in [3.63, 3.8) is 0 Å². The molecule has 1 aliphatic carbocycles.